The van der Waals surface area contributed by atoms with Crippen molar-refractivity contribution in [1.82, 2.24) is 0 Å². The molecule has 0 fully saturated rings. The van der Waals surface area contributed by atoms with E-state index >= 15 is 0 Å². The van der Waals surface area contributed by atoms with Crippen molar-refractivity contribution < 1.29 is 32.8 Å². The quantitative estimate of drug-likeness (QED) is 0.270. The van der Waals surface area contributed by atoms with Gasteiger partial charge in [-0.05, 0) is 0 Å². The summed E-state index contributed by atoms with van der Waals surface area (Å²) in [7, 11) is -4.84. The van der Waals surface area contributed by atoms with Crippen LogP contribution in [0.3, 0.4) is 0 Å². The van der Waals surface area contributed by atoms with Crippen molar-refractivity contribution >= 4 is 71.0 Å². The van der Waals surface area contributed by atoms with Crippen LogP contribution in [0.15, 0.2) is 0 Å². The Morgan fingerprint density at radius 3 is 1.65 bits per heavy atom. The van der Waals surface area contributed by atoms with E-state index < -0.39 is 33.7 Å². The molecule has 0 amide bonds. The van der Waals surface area contributed by atoms with Gasteiger partial charge in [-0.2, -0.15) is 8.42 Å². The summed E-state index contributed by atoms with van der Waals surface area (Å²) in [4.78, 5) is 20.0. The van der Waals surface area contributed by atoms with Crippen molar-refractivity contribution in [3.05, 3.63) is 0 Å². The predicted octanol–water partition coefficient (Wildman–Crippen LogP) is 2.52. The van der Waals surface area contributed by atoms with Gasteiger partial charge >= 0.3 is 120 Å². The van der Waals surface area contributed by atoms with Gasteiger partial charge in [0.25, 0.3) is 10.1 Å². The summed E-state index contributed by atoms with van der Waals surface area (Å²) < 4.78 is 30.2. The Morgan fingerprint density at radius 2 is 1.39 bits per heavy atom. The fourth-order valence-corrected chi connectivity index (χ4v) is 3.25. The van der Waals surface area contributed by atoms with Crippen molar-refractivity contribution in [2.75, 3.05) is 0 Å². The van der Waals surface area contributed by atoms with Crippen LogP contribution >= 0.6 is 0 Å². The van der Waals surface area contributed by atoms with Crippen molar-refractivity contribution in [1.29, 1.82) is 0 Å². The summed E-state index contributed by atoms with van der Waals surface area (Å²) >= 11 is 1.11. The van der Waals surface area contributed by atoms with E-state index in [0.717, 1.165) is 49.0 Å². The molecule has 1 atom stereocenters. The van der Waals surface area contributed by atoms with E-state index in [1.54, 1.807) is 0.515 Å². The van der Waals surface area contributed by atoms with Crippen LogP contribution in [0.2, 0.25) is 0.515 Å². The van der Waals surface area contributed by atoms with Crippen molar-refractivity contribution in [2.24, 2.45) is 0 Å². The number of aliphatic carboxylic acids is 2. The monoisotopic (exact) mass is 378 g/mol. The first-order valence-electron chi connectivity index (χ1n) is 8.07. The smallest absolute Gasteiger partial charge is 0.325 e. The number of hydrogen-bond acceptors (Lipinski definition) is 4. The minimum absolute atomic E-state index is 1.11. The van der Waals surface area contributed by atoms with Gasteiger partial charge in [-0.25, -0.2) is 0 Å². The van der Waals surface area contributed by atoms with Crippen LogP contribution < -0.4 is 0 Å². The van der Waals surface area contributed by atoms with Crippen molar-refractivity contribution in [3.8, 4) is 0 Å². The van der Waals surface area contributed by atoms with Gasteiger partial charge in [-0.15, -0.1) is 0 Å². The zero-order valence-corrected chi connectivity index (χ0v) is 18.0. The Morgan fingerprint density at radius 1 is 0.957 bits per heavy atom. The molecule has 132 valence electrons. The van der Waals surface area contributed by atoms with Gasteiger partial charge in [0.15, 0.2) is 5.25 Å². The van der Waals surface area contributed by atoms with Crippen LogP contribution in [0, 0.1) is 0 Å². The van der Waals surface area contributed by atoms with Gasteiger partial charge in [-0.3, -0.25) is 14.1 Å². The van der Waals surface area contributed by atoms with Crippen LogP contribution in [0.4, 0.5) is 0 Å². The summed E-state index contributed by atoms with van der Waals surface area (Å²) in [5.74, 6) is -3.50. The van der Waals surface area contributed by atoms with Crippen LogP contribution in [-0.2, 0) is 19.7 Å². The second-order valence-corrected chi connectivity index (χ2v) is 8.58. The maximum atomic E-state index is 10.2. The first kappa shape index (κ1) is 25.7. The van der Waals surface area contributed by atoms with Gasteiger partial charge in [0.1, 0.15) is 0 Å². The molecular weight excluding hydrogens is 351 g/mol. The normalized spacial score (nSPS) is 12.2. The Kier molecular flexibility index (Phi) is 17.9. The van der Waals surface area contributed by atoms with Crippen LogP contribution in [-0.4, -0.2) is 89.3 Å². The van der Waals surface area contributed by atoms with E-state index in [0.29, 0.717) is 0 Å². The van der Waals surface area contributed by atoms with Gasteiger partial charge in [0.2, 0.25) is 0 Å². The first-order chi connectivity index (χ1) is 10.7. The van der Waals surface area contributed by atoms with Crippen molar-refractivity contribution in [2.45, 2.75) is 70.5 Å². The molecule has 0 aromatic carbocycles. The van der Waals surface area contributed by atoms with Gasteiger partial charge in [0.05, 0.1) is 6.42 Å². The molecule has 3 N–H and O–H groups in total. The molecule has 0 aliphatic rings. The summed E-state index contributed by atoms with van der Waals surface area (Å²) in [5, 5.41) is 13.9. The number of carboxylic acids is 2. The summed E-state index contributed by atoms with van der Waals surface area (Å²) in [6.45, 7) is 2.28. The fourth-order valence-electron chi connectivity index (χ4n) is 1.86. The largest absolute Gasteiger partial charge is 0.481 e. The maximum absolute atomic E-state index is 10.2. The third-order valence-electron chi connectivity index (χ3n) is 3.20. The Labute approximate surface area is 172 Å². The van der Waals surface area contributed by atoms with Gasteiger partial charge in [0, 0.05) is 0 Å². The van der Waals surface area contributed by atoms with E-state index in [1.165, 1.54) is 51.4 Å². The molecule has 1 unspecified atom stereocenters. The molecule has 0 aliphatic carbocycles. The molecule has 23 heavy (non-hydrogen) atoms. The van der Waals surface area contributed by atoms with E-state index in [4.69, 9.17) is 14.8 Å². The molecule has 0 rings (SSSR count). The zero-order chi connectivity index (χ0) is 18.3. The molecule has 0 aromatic heterocycles. The summed E-state index contributed by atoms with van der Waals surface area (Å²) in [5.41, 5.74) is 0. The van der Waals surface area contributed by atoms with Crippen molar-refractivity contribution in [3.63, 3.8) is 0 Å². The number of rotatable bonds is 12. The Hall–Kier alpha value is 0.486. The van der Waals surface area contributed by atoms with Crippen LogP contribution in [0.25, 0.3) is 0 Å². The second-order valence-electron chi connectivity index (χ2n) is 5.41. The molecule has 7 nitrogen and oxygen atoms in total. The second kappa shape index (κ2) is 16.0. The number of unbranched alkanes of at least 4 members (excludes halogenated alkanes) is 7. The van der Waals surface area contributed by atoms with Crippen LogP contribution in [0.1, 0.15) is 64.7 Å². The standard InChI is InChI=1S/C10H21.C4H6O7S.K/c1-3-5-7-9-10-8-6-4-2;5-3(6)1-2(4(7)8)12(9,10)11;/h1,3-10H2,2H3;2H,1H2,(H,5,6)(H,7,8)(H,9,10,11);. The number of carboxylic acid groups (broad SMARTS) is 2. The van der Waals surface area contributed by atoms with E-state index in [9.17, 15) is 18.0 Å². The zero-order valence-electron chi connectivity index (χ0n) is 14.0. The van der Waals surface area contributed by atoms with E-state index in [-0.39, 0.29) is 0 Å². The Balaban J connectivity index is 0. The minimum Gasteiger partial charge on any atom is -0.481 e. The first-order valence-corrected chi connectivity index (χ1v) is 11.8. The van der Waals surface area contributed by atoms with E-state index in [2.05, 4.69) is 6.92 Å². The molecule has 0 radical (unpaired) electrons. The van der Waals surface area contributed by atoms with Gasteiger partial charge in [-0.1, -0.05) is 0 Å². The minimum atomic E-state index is -4.84. The topological polar surface area (TPSA) is 129 Å². The third kappa shape index (κ3) is 18.7. The molecular formula is C14H27KO7S. The molecule has 0 bridgehead atoms. The molecule has 9 heteroatoms. The summed E-state index contributed by atoms with van der Waals surface area (Å²) in [6.07, 6.45) is 10.6. The number of hydrogen-bond donors (Lipinski definition) is 3. The Bertz CT molecular complexity index is 415. The third-order valence-corrected chi connectivity index (χ3v) is 5.39. The average Bonchev–Trinajstić information content (AvgIpc) is 2.43. The van der Waals surface area contributed by atoms with E-state index in [1.807, 2.05) is 0 Å². The SMILES string of the molecule is CCCCCCCCC[CH2][K].O=C(O)CC(C(=O)O)S(=O)(=O)O. The summed E-state index contributed by atoms with van der Waals surface area (Å²) in [6, 6.07) is 0. The number of carbonyl (C=O) groups is 2. The molecule has 0 aromatic rings. The molecule has 0 aliphatic heterocycles. The van der Waals surface area contributed by atoms with Gasteiger partial charge < -0.3 is 10.2 Å². The average molecular weight is 379 g/mol. The molecule has 0 saturated heterocycles. The molecule has 0 heterocycles. The fraction of sp³-hybridized carbons (Fsp3) is 0.857. The van der Waals surface area contributed by atoms with Crippen LogP contribution in [0.5, 0.6) is 0 Å². The molecule has 0 saturated carbocycles. The predicted molar refractivity (Wildman–Crippen MR) is 88.4 cm³/mol. The maximum Gasteiger partial charge on any atom is 0.325 e. The molecule has 0 spiro atoms.